The van der Waals surface area contributed by atoms with Crippen LogP contribution in [0.1, 0.15) is 50.8 Å². The van der Waals surface area contributed by atoms with E-state index in [9.17, 15) is 4.79 Å². The van der Waals surface area contributed by atoms with E-state index in [2.05, 4.69) is 17.6 Å². The van der Waals surface area contributed by atoms with Crippen LogP contribution < -0.4 is 10.6 Å². The van der Waals surface area contributed by atoms with E-state index in [-0.39, 0.29) is 5.91 Å². The van der Waals surface area contributed by atoms with Gasteiger partial charge in [-0.2, -0.15) is 0 Å². The zero-order chi connectivity index (χ0) is 13.7. The molecule has 2 atom stereocenters. The standard InChI is InChI=1S/C15H24N2OS/c1-3-12-5-4-6-13(9-12)16-10-15-14(7-8-19-15)17-11(2)18/h7-8,12-13,16H,3-6,9-10H2,1-2H3,(H,17,18). The summed E-state index contributed by atoms with van der Waals surface area (Å²) in [6.45, 7) is 4.72. The summed E-state index contributed by atoms with van der Waals surface area (Å²) in [6.07, 6.45) is 6.63. The van der Waals surface area contributed by atoms with Gasteiger partial charge in [-0.05, 0) is 30.2 Å². The number of hydrogen-bond acceptors (Lipinski definition) is 3. The van der Waals surface area contributed by atoms with Gasteiger partial charge in [-0.15, -0.1) is 11.3 Å². The van der Waals surface area contributed by atoms with Crippen molar-refractivity contribution >= 4 is 22.9 Å². The highest BCUT2D eigenvalue weighted by Gasteiger charge is 2.20. The summed E-state index contributed by atoms with van der Waals surface area (Å²) in [7, 11) is 0. The Morgan fingerprint density at radius 2 is 2.32 bits per heavy atom. The highest BCUT2D eigenvalue weighted by Crippen LogP contribution is 2.28. The molecule has 0 radical (unpaired) electrons. The molecule has 106 valence electrons. The quantitative estimate of drug-likeness (QED) is 0.862. The molecule has 2 rings (SSSR count). The highest BCUT2D eigenvalue weighted by molar-refractivity contribution is 7.10. The van der Waals surface area contributed by atoms with Gasteiger partial charge < -0.3 is 10.6 Å². The van der Waals surface area contributed by atoms with Crippen LogP contribution in [0.5, 0.6) is 0 Å². The van der Waals surface area contributed by atoms with Crippen LogP contribution in [-0.4, -0.2) is 11.9 Å². The fourth-order valence-corrected chi connectivity index (χ4v) is 3.64. The Hall–Kier alpha value is -0.870. The number of rotatable bonds is 5. The van der Waals surface area contributed by atoms with Gasteiger partial charge >= 0.3 is 0 Å². The first kappa shape index (κ1) is 14.5. The van der Waals surface area contributed by atoms with Crippen LogP contribution in [0.25, 0.3) is 0 Å². The molecule has 3 nitrogen and oxygen atoms in total. The lowest BCUT2D eigenvalue weighted by atomic mass is 9.84. The van der Waals surface area contributed by atoms with Crippen LogP contribution in [0.4, 0.5) is 5.69 Å². The predicted molar refractivity (Wildman–Crippen MR) is 81.5 cm³/mol. The Morgan fingerprint density at radius 3 is 3.05 bits per heavy atom. The normalized spacial score (nSPS) is 23.3. The fourth-order valence-electron chi connectivity index (χ4n) is 2.86. The van der Waals surface area contributed by atoms with Gasteiger partial charge in [-0.1, -0.05) is 26.2 Å². The van der Waals surface area contributed by atoms with E-state index in [0.717, 1.165) is 18.2 Å². The molecule has 0 aliphatic heterocycles. The average Bonchev–Trinajstić information content (AvgIpc) is 2.83. The molecule has 1 aromatic heterocycles. The summed E-state index contributed by atoms with van der Waals surface area (Å²) >= 11 is 1.71. The Labute approximate surface area is 119 Å². The van der Waals surface area contributed by atoms with Crippen molar-refractivity contribution < 1.29 is 4.79 Å². The van der Waals surface area contributed by atoms with Crippen LogP contribution in [0, 0.1) is 5.92 Å². The molecule has 0 spiro atoms. The first-order valence-electron chi connectivity index (χ1n) is 7.26. The second-order valence-corrected chi connectivity index (χ2v) is 6.46. The molecular formula is C15H24N2OS. The molecule has 0 aromatic carbocycles. The fraction of sp³-hybridized carbons (Fsp3) is 0.667. The number of hydrogen-bond donors (Lipinski definition) is 2. The summed E-state index contributed by atoms with van der Waals surface area (Å²) in [6, 6.07) is 2.63. The first-order valence-corrected chi connectivity index (χ1v) is 8.14. The number of nitrogens with one attached hydrogen (secondary N) is 2. The molecule has 2 unspecified atom stereocenters. The zero-order valence-corrected chi connectivity index (χ0v) is 12.7. The van der Waals surface area contributed by atoms with Crippen LogP contribution in [0.3, 0.4) is 0 Å². The Kier molecular flexibility index (Phi) is 5.40. The van der Waals surface area contributed by atoms with Gasteiger partial charge in [0.05, 0.1) is 5.69 Å². The number of amides is 1. The minimum Gasteiger partial charge on any atom is -0.325 e. The summed E-state index contributed by atoms with van der Waals surface area (Å²) in [4.78, 5) is 12.4. The minimum atomic E-state index is 0.00311. The van der Waals surface area contributed by atoms with Gasteiger partial charge in [0.1, 0.15) is 0 Å². The molecule has 1 heterocycles. The van der Waals surface area contributed by atoms with Crippen LogP contribution in [0.15, 0.2) is 11.4 Å². The van der Waals surface area contributed by atoms with Crippen molar-refractivity contribution in [1.29, 1.82) is 0 Å². The third kappa shape index (κ3) is 4.32. The molecule has 2 N–H and O–H groups in total. The first-order chi connectivity index (χ1) is 9.19. The van der Waals surface area contributed by atoms with E-state index < -0.39 is 0 Å². The van der Waals surface area contributed by atoms with E-state index in [1.54, 1.807) is 18.3 Å². The maximum Gasteiger partial charge on any atom is 0.221 e. The summed E-state index contributed by atoms with van der Waals surface area (Å²) < 4.78 is 0. The molecule has 19 heavy (non-hydrogen) atoms. The van der Waals surface area contributed by atoms with Crippen LogP contribution in [-0.2, 0) is 11.3 Å². The average molecular weight is 280 g/mol. The van der Waals surface area contributed by atoms with Crippen molar-refractivity contribution in [2.45, 2.75) is 58.5 Å². The predicted octanol–water partition coefficient (Wildman–Crippen LogP) is 3.76. The topological polar surface area (TPSA) is 41.1 Å². The summed E-state index contributed by atoms with van der Waals surface area (Å²) in [5.41, 5.74) is 0.966. The molecule has 1 aliphatic carbocycles. The lowest BCUT2D eigenvalue weighted by Crippen LogP contribution is -2.33. The number of carbonyl (C=O) groups excluding carboxylic acids is 1. The summed E-state index contributed by atoms with van der Waals surface area (Å²) in [5.74, 6) is 0.896. The highest BCUT2D eigenvalue weighted by atomic mass is 32.1. The van der Waals surface area contributed by atoms with Crippen molar-refractivity contribution in [2.24, 2.45) is 5.92 Å². The van der Waals surface area contributed by atoms with Crippen molar-refractivity contribution in [3.05, 3.63) is 16.3 Å². The molecule has 4 heteroatoms. The van der Waals surface area contributed by atoms with E-state index >= 15 is 0 Å². The van der Waals surface area contributed by atoms with E-state index in [0.29, 0.717) is 6.04 Å². The Bertz CT molecular complexity index is 416. The van der Waals surface area contributed by atoms with E-state index in [1.807, 2.05) is 11.4 Å². The van der Waals surface area contributed by atoms with Gasteiger partial charge in [0.25, 0.3) is 0 Å². The van der Waals surface area contributed by atoms with E-state index in [1.165, 1.54) is 37.0 Å². The largest absolute Gasteiger partial charge is 0.325 e. The lowest BCUT2D eigenvalue weighted by Gasteiger charge is -2.29. The lowest BCUT2D eigenvalue weighted by molar-refractivity contribution is -0.114. The maximum absolute atomic E-state index is 11.1. The molecule has 1 amide bonds. The molecule has 0 saturated heterocycles. The minimum absolute atomic E-state index is 0.00311. The van der Waals surface area contributed by atoms with Gasteiger partial charge in [0.2, 0.25) is 5.91 Å². The Morgan fingerprint density at radius 1 is 1.47 bits per heavy atom. The Balaban J connectivity index is 1.84. The van der Waals surface area contributed by atoms with Crippen molar-refractivity contribution in [3.8, 4) is 0 Å². The van der Waals surface area contributed by atoms with Crippen molar-refractivity contribution in [1.82, 2.24) is 5.32 Å². The zero-order valence-electron chi connectivity index (χ0n) is 11.9. The third-order valence-electron chi connectivity index (χ3n) is 3.97. The van der Waals surface area contributed by atoms with Gasteiger partial charge in [0, 0.05) is 24.4 Å². The van der Waals surface area contributed by atoms with Gasteiger partial charge in [-0.3, -0.25) is 4.79 Å². The van der Waals surface area contributed by atoms with E-state index in [4.69, 9.17) is 0 Å². The number of carbonyl (C=O) groups is 1. The van der Waals surface area contributed by atoms with Crippen LogP contribution in [0.2, 0.25) is 0 Å². The van der Waals surface area contributed by atoms with Gasteiger partial charge in [-0.25, -0.2) is 0 Å². The smallest absolute Gasteiger partial charge is 0.221 e. The molecule has 1 fully saturated rings. The third-order valence-corrected chi connectivity index (χ3v) is 4.89. The second-order valence-electron chi connectivity index (χ2n) is 5.46. The molecule has 0 bridgehead atoms. The molecule has 1 aliphatic rings. The summed E-state index contributed by atoms with van der Waals surface area (Å²) in [5, 5.41) is 8.59. The molecule has 1 aromatic rings. The number of anilines is 1. The van der Waals surface area contributed by atoms with Gasteiger partial charge in [0.15, 0.2) is 0 Å². The maximum atomic E-state index is 11.1. The second kappa shape index (κ2) is 7.06. The van der Waals surface area contributed by atoms with Crippen molar-refractivity contribution in [3.63, 3.8) is 0 Å². The molecular weight excluding hydrogens is 256 g/mol. The monoisotopic (exact) mass is 280 g/mol. The SMILES string of the molecule is CCC1CCCC(NCc2sccc2NC(C)=O)C1. The van der Waals surface area contributed by atoms with Crippen LogP contribution >= 0.6 is 11.3 Å². The molecule has 1 saturated carbocycles. The number of thiophene rings is 1. The van der Waals surface area contributed by atoms with Crippen molar-refractivity contribution in [2.75, 3.05) is 5.32 Å².